The van der Waals surface area contributed by atoms with E-state index in [-0.39, 0.29) is 41.7 Å². The molecule has 0 heterocycles. The van der Waals surface area contributed by atoms with E-state index in [1.807, 2.05) is 0 Å². The maximum absolute atomic E-state index is 11.5. The summed E-state index contributed by atoms with van der Waals surface area (Å²) in [7, 11) is 0. The summed E-state index contributed by atoms with van der Waals surface area (Å²) in [4.78, 5) is 25.7. The van der Waals surface area contributed by atoms with E-state index in [0.29, 0.717) is 11.1 Å². The quantitative estimate of drug-likeness (QED) is 0.209. The van der Waals surface area contributed by atoms with Crippen molar-refractivity contribution in [1.29, 1.82) is 0 Å². The van der Waals surface area contributed by atoms with Gasteiger partial charge in [0.25, 0.3) is 0 Å². The molecule has 180 valence electrons. The first-order valence-corrected chi connectivity index (χ1v) is 9.94. The van der Waals surface area contributed by atoms with Gasteiger partial charge in [-0.05, 0) is 12.1 Å². The van der Waals surface area contributed by atoms with E-state index in [1.165, 1.54) is 21.9 Å². The molecule has 2 unspecified atom stereocenters. The van der Waals surface area contributed by atoms with E-state index < -0.39 is 50.3 Å². The second-order valence-electron chi connectivity index (χ2n) is 7.35. The predicted molar refractivity (Wildman–Crippen MR) is 114 cm³/mol. The molecule has 0 aliphatic rings. The van der Waals surface area contributed by atoms with Crippen LogP contribution in [0.25, 0.3) is 0 Å². The Morgan fingerprint density at radius 3 is 1.30 bits per heavy atom. The van der Waals surface area contributed by atoms with Crippen LogP contribution in [-0.2, 0) is 39.7 Å². The molecule has 0 bridgehead atoms. The Morgan fingerprint density at radius 1 is 0.697 bits per heavy atom. The van der Waals surface area contributed by atoms with Crippen LogP contribution >= 0.6 is 0 Å². The number of nitrogens with zero attached hydrogens (tertiary/aromatic N) is 2. The molecule has 2 aromatic carbocycles. The van der Waals surface area contributed by atoms with E-state index in [2.05, 4.69) is 0 Å². The van der Waals surface area contributed by atoms with Gasteiger partial charge in [0.05, 0.1) is 38.4 Å². The Balaban J connectivity index is 0.00000544. The van der Waals surface area contributed by atoms with Crippen molar-refractivity contribution >= 4 is 11.9 Å². The number of aliphatic hydroxyl groups excluding tert-OH is 2. The van der Waals surface area contributed by atoms with Crippen molar-refractivity contribution in [2.75, 3.05) is 26.3 Å². The number of rotatable bonds is 13. The fraction of sp³-hybridized carbons (Fsp3) is 0.364. The maximum atomic E-state index is 11.5. The molecule has 2 atom stereocenters. The fourth-order valence-electron chi connectivity index (χ4n) is 3.62. The summed E-state index contributed by atoms with van der Waals surface area (Å²) in [5, 5.41) is 59.2. The van der Waals surface area contributed by atoms with E-state index in [9.17, 15) is 40.2 Å². The van der Waals surface area contributed by atoms with Gasteiger partial charge in [-0.3, -0.25) is 19.4 Å². The van der Waals surface area contributed by atoms with Crippen LogP contribution in [0.5, 0.6) is 11.5 Å². The third-order valence-electron chi connectivity index (χ3n) is 5.16. The number of carbonyl (C=O) groups is 2. The van der Waals surface area contributed by atoms with Crippen LogP contribution < -0.4 is 0 Å². The molecule has 10 nitrogen and oxygen atoms in total. The summed E-state index contributed by atoms with van der Waals surface area (Å²) in [6.07, 6.45) is 0. The molecule has 0 saturated heterocycles. The molecule has 0 aliphatic carbocycles. The van der Waals surface area contributed by atoms with E-state index in [4.69, 9.17) is 0 Å². The number of aliphatic carboxylic acids is 2. The first kappa shape index (κ1) is 28.4. The second-order valence-corrected chi connectivity index (χ2v) is 7.35. The zero-order valence-electron chi connectivity index (χ0n) is 17.8. The van der Waals surface area contributed by atoms with Gasteiger partial charge in [-0.25, -0.2) is 0 Å². The number of hydrogen-bond donors (Lipinski definition) is 6. The second kappa shape index (κ2) is 13.8. The number of aromatic hydroxyl groups is 2. The van der Waals surface area contributed by atoms with Crippen molar-refractivity contribution in [2.24, 2.45) is 0 Å². The van der Waals surface area contributed by atoms with Gasteiger partial charge in [0.15, 0.2) is 0 Å². The molecular formula is C22H28FeN2O8+2. The molecule has 0 aliphatic heterocycles. The number of carboxylic acid groups (broad SMARTS) is 2. The molecule has 6 N–H and O–H groups in total. The van der Waals surface area contributed by atoms with Gasteiger partial charge in [-0.1, -0.05) is 36.4 Å². The van der Waals surface area contributed by atoms with Crippen molar-refractivity contribution in [3.63, 3.8) is 0 Å². The minimum atomic E-state index is -1.19. The normalized spacial score (nSPS) is 12.8. The average Bonchev–Trinajstić information content (AvgIpc) is 2.73. The third-order valence-corrected chi connectivity index (χ3v) is 5.16. The van der Waals surface area contributed by atoms with Gasteiger partial charge < -0.3 is 30.6 Å². The molecule has 0 radical (unpaired) electrons. The average molecular weight is 504 g/mol. The smallest absolute Gasteiger partial charge is 0.508 e. The topological polar surface area (TPSA) is 162 Å². The van der Waals surface area contributed by atoms with Crippen LogP contribution in [0.2, 0.25) is 0 Å². The zero-order chi connectivity index (χ0) is 23.7. The fourth-order valence-corrected chi connectivity index (χ4v) is 3.62. The Bertz CT molecular complexity index is 840. The first-order chi connectivity index (χ1) is 15.3. The van der Waals surface area contributed by atoms with E-state index in [0.717, 1.165) is 0 Å². The number of para-hydroxylation sites is 2. The summed E-state index contributed by atoms with van der Waals surface area (Å²) in [5.74, 6) is -2.50. The van der Waals surface area contributed by atoms with Crippen LogP contribution in [0.1, 0.15) is 11.1 Å². The van der Waals surface area contributed by atoms with Crippen molar-refractivity contribution in [3.05, 3.63) is 59.7 Å². The molecule has 11 heteroatoms. The number of aliphatic hydroxyl groups is 2. The molecule has 0 saturated carbocycles. The van der Waals surface area contributed by atoms with Crippen molar-refractivity contribution in [2.45, 2.75) is 25.2 Å². The minimum absolute atomic E-state index is 0. The Morgan fingerprint density at radius 2 is 1.03 bits per heavy atom. The Hall–Kier alpha value is -2.66. The van der Waals surface area contributed by atoms with Gasteiger partial charge >= 0.3 is 29.0 Å². The van der Waals surface area contributed by atoms with Gasteiger partial charge in [0, 0.05) is 24.2 Å². The molecule has 33 heavy (non-hydrogen) atoms. The Labute approximate surface area is 201 Å². The number of hydrogen-bond acceptors (Lipinski definition) is 8. The molecule has 0 aromatic heterocycles. The maximum Gasteiger partial charge on any atom is 2.00 e. The summed E-state index contributed by atoms with van der Waals surface area (Å²) in [6.45, 7) is -2.32. The molecular weight excluding hydrogens is 476 g/mol. The van der Waals surface area contributed by atoms with Gasteiger partial charge in [-0.15, -0.1) is 0 Å². The number of benzene rings is 2. The van der Waals surface area contributed by atoms with Gasteiger partial charge in [-0.2, -0.15) is 0 Å². The summed E-state index contributed by atoms with van der Waals surface area (Å²) < 4.78 is 0. The van der Waals surface area contributed by atoms with Crippen LogP contribution in [0, 0.1) is 0 Å². The monoisotopic (exact) mass is 504 g/mol. The largest absolute Gasteiger partial charge is 2.00 e. The van der Waals surface area contributed by atoms with Crippen molar-refractivity contribution < 1.29 is 57.3 Å². The summed E-state index contributed by atoms with van der Waals surface area (Å²) in [6, 6.07) is 10.7. The predicted octanol–water partition coefficient (Wildman–Crippen LogP) is 0.291. The number of phenolic OH excluding ortho intramolecular Hbond substituents is 2. The minimum Gasteiger partial charge on any atom is -0.508 e. The molecule has 0 amide bonds. The summed E-state index contributed by atoms with van der Waals surface area (Å²) >= 11 is 0. The standard InChI is InChI=1S/C22H28N2O8.Fe/c25-13-17(23(11-21(29)30)9-15-5-1-3-7-19(15)27)18(14-26)24(12-22(31)32)10-16-6-2-4-8-20(16)28;/h1-8,17-18,25-28H,9-14H2,(H,29,30)(H,31,32);/q;+2. The van der Waals surface area contributed by atoms with Gasteiger partial charge in [0.2, 0.25) is 0 Å². The SMILES string of the molecule is O=C(O)CN(Cc1ccccc1O)C(CO)C(CO)N(CC(=O)O)Cc1ccccc1O.[Fe+2]. The summed E-state index contributed by atoms with van der Waals surface area (Å²) in [5.41, 5.74) is 0.823. The Kier molecular flexibility index (Phi) is 11.9. The van der Waals surface area contributed by atoms with Crippen LogP contribution in [0.3, 0.4) is 0 Å². The van der Waals surface area contributed by atoms with Crippen LogP contribution in [0.15, 0.2) is 48.5 Å². The van der Waals surface area contributed by atoms with Crippen molar-refractivity contribution in [3.8, 4) is 11.5 Å². The van der Waals surface area contributed by atoms with E-state index in [1.54, 1.807) is 36.4 Å². The molecule has 2 aromatic rings. The number of phenols is 2. The first-order valence-electron chi connectivity index (χ1n) is 9.94. The van der Waals surface area contributed by atoms with Crippen LogP contribution in [-0.4, -0.2) is 90.8 Å². The van der Waals surface area contributed by atoms with E-state index >= 15 is 0 Å². The van der Waals surface area contributed by atoms with Crippen molar-refractivity contribution in [1.82, 2.24) is 9.80 Å². The van der Waals surface area contributed by atoms with Crippen LogP contribution in [0.4, 0.5) is 0 Å². The molecule has 0 spiro atoms. The molecule has 0 fully saturated rings. The zero-order valence-corrected chi connectivity index (χ0v) is 18.9. The van der Waals surface area contributed by atoms with Gasteiger partial charge in [0.1, 0.15) is 11.5 Å². The third kappa shape index (κ3) is 8.32. The molecule has 2 rings (SSSR count). The number of carboxylic acids is 2.